The molecule has 2 aromatic carbocycles. The van der Waals surface area contributed by atoms with Crippen LogP contribution in [0.2, 0.25) is 0 Å². The van der Waals surface area contributed by atoms with Crippen LogP contribution in [-0.4, -0.2) is 42.3 Å². The molecule has 1 atom stereocenters. The monoisotopic (exact) mass is 390 g/mol. The number of ether oxygens (including phenoxy) is 2. The van der Waals surface area contributed by atoms with Crippen LogP contribution in [-0.2, 0) is 14.8 Å². The van der Waals surface area contributed by atoms with Crippen LogP contribution < -0.4 is 14.4 Å². The van der Waals surface area contributed by atoms with Crippen molar-refractivity contribution in [2.75, 3.05) is 38.2 Å². The molecular formula is C20H26N2O4S. The van der Waals surface area contributed by atoms with Gasteiger partial charge in [0.2, 0.25) is 0 Å². The number of methoxy groups -OCH3 is 1. The molecule has 0 aromatic heterocycles. The summed E-state index contributed by atoms with van der Waals surface area (Å²) in [5, 5.41) is 3.51. The molecule has 6 nitrogen and oxygen atoms in total. The summed E-state index contributed by atoms with van der Waals surface area (Å²) in [5.74, 6) is 0.553. The largest absolute Gasteiger partial charge is 0.494 e. The van der Waals surface area contributed by atoms with Crippen molar-refractivity contribution in [1.82, 2.24) is 5.32 Å². The molecule has 27 heavy (non-hydrogen) atoms. The molecule has 0 radical (unpaired) electrons. The van der Waals surface area contributed by atoms with Crippen LogP contribution in [0, 0.1) is 0 Å². The number of sulfonamides is 1. The molecular weight excluding hydrogens is 364 g/mol. The highest BCUT2D eigenvalue weighted by Crippen LogP contribution is 2.41. The summed E-state index contributed by atoms with van der Waals surface area (Å²) >= 11 is 0. The van der Waals surface area contributed by atoms with Crippen molar-refractivity contribution in [3.05, 3.63) is 53.6 Å². The minimum atomic E-state index is -3.69. The Labute approximate surface area is 161 Å². The summed E-state index contributed by atoms with van der Waals surface area (Å²) in [6.45, 7) is 3.72. The van der Waals surface area contributed by atoms with Gasteiger partial charge in [-0.1, -0.05) is 24.3 Å². The normalized spacial score (nSPS) is 17.7. The van der Waals surface area contributed by atoms with Crippen molar-refractivity contribution in [1.29, 1.82) is 0 Å². The minimum Gasteiger partial charge on any atom is -0.494 e. The fraction of sp³-hybridized carbons (Fsp3) is 0.400. The van der Waals surface area contributed by atoms with Gasteiger partial charge in [0.1, 0.15) is 5.75 Å². The Morgan fingerprint density at radius 3 is 2.67 bits per heavy atom. The van der Waals surface area contributed by atoms with Crippen LogP contribution >= 0.6 is 0 Å². The lowest BCUT2D eigenvalue weighted by molar-refractivity contribution is 0.193. The van der Waals surface area contributed by atoms with Gasteiger partial charge in [-0.25, -0.2) is 8.42 Å². The van der Waals surface area contributed by atoms with E-state index in [2.05, 4.69) is 5.32 Å². The number of rotatable bonds is 7. The Kier molecular flexibility index (Phi) is 6.04. The lowest BCUT2D eigenvalue weighted by Gasteiger charge is -2.22. The second-order valence-electron chi connectivity index (χ2n) is 6.40. The molecule has 3 rings (SSSR count). The fourth-order valence-corrected chi connectivity index (χ4v) is 4.85. The van der Waals surface area contributed by atoms with Gasteiger partial charge < -0.3 is 14.8 Å². The lowest BCUT2D eigenvalue weighted by Crippen LogP contribution is -2.26. The quantitative estimate of drug-likeness (QED) is 0.736. The van der Waals surface area contributed by atoms with Crippen molar-refractivity contribution >= 4 is 15.7 Å². The average Bonchev–Trinajstić information content (AvgIpc) is 2.74. The molecule has 0 saturated carbocycles. The SMILES string of the molecule is CCOc1ccc2c(c1)S(=O)(=O)N(C)c1ccccc1C2NCCCOC. The predicted molar refractivity (Wildman–Crippen MR) is 106 cm³/mol. The van der Waals surface area contributed by atoms with Crippen molar-refractivity contribution < 1.29 is 17.9 Å². The fourth-order valence-electron chi connectivity index (χ4n) is 3.38. The van der Waals surface area contributed by atoms with Gasteiger partial charge in [-0.2, -0.15) is 0 Å². The average molecular weight is 391 g/mol. The van der Waals surface area contributed by atoms with Gasteiger partial charge in [-0.05, 0) is 43.1 Å². The van der Waals surface area contributed by atoms with Gasteiger partial charge in [0.25, 0.3) is 10.0 Å². The number of benzene rings is 2. The van der Waals surface area contributed by atoms with Gasteiger partial charge in [0.15, 0.2) is 0 Å². The summed E-state index contributed by atoms with van der Waals surface area (Å²) in [4.78, 5) is 0.274. The van der Waals surface area contributed by atoms with Gasteiger partial charge in [-0.15, -0.1) is 0 Å². The van der Waals surface area contributed by atoms with E-state index in [0.717, 1.165) is 17.5 Å². The number of para-hydroxylation sites is 1. The molecule has 0 aliphatic carbocycles. The summed E-state index contributed by atoms with van der Waals surface area (Å²) in [7, 11) is -0.421. The molecule has 1 aliphatic rings. The van der Waals surface area contributed by atoms with E-state index in [1.54, 1.807) is 20.2 Å². The topological polar surface area (TPSA) is 67.9 Å². The van der Waals surface area contributed by atoms with E-state index < -0.39 is 10.0 Å². The van der Waals surface area contributed by atoms with Crippen LogP contribution in [0.25, 0.3) is 0 Å². The number of hydrogen-bond donors (Lipinski definition) is 1. The van der Waals surface area contributed by atoms with Crippen LogP contribution in [0.15, 0.2) is 47.4 Å². The highest BCUT2D eigenvalue weighted by Gasteiger charge is 2.35. The summed E-state index contributed by atoms with van der Waals surface area (Å²) in [6, 6.07) is 12.7. The third kappa shape index (κ3) is 3.81. The van der Waals surface area contributed by atoms with E-state index in [1.807, 2.05) is 43.3 Å². The van der Waals surface area contributed by atoms with Crippen molar-refractivity contribution in [3.63, 3.8) is 0 Å². The number of nitrogens with one attached hydrogen (secondary N) is 1. The van der Waals surface area contributed by atoms with Crippen molar-refractivity contribution in [3.8, 4) is 5.75 Å². The van der Waals surface area contributed by atoms with E-state index in [4.69, 9.17) is 9.47 Å². The Morgan fingerprint density at radius 1 is 1.15 bits per heavy atom. The Hall–Kier alpha value is -2.09. The molecule has 0 amide bonds. The van der Waals surface area contributed by atoms with Crippen molar-refractivity contribution in [2.45, 2.75) is 24.3 Å². The molecule has 7 heteroatoms. The molecule has 0 fully saturated rings. The van der Waals surface area contributed by atoms with E-state index in [0.29, 0.717) is 31.2 Å². The Bertz CT molecular complexity index is 899. The molecule has 0 saturated heterocycles. The zero-order chi connectivity index (χ0) is 19.4. The van der Waals surface area contributed by atoms with E-state index in [-0.39, 0.29) is 10.9 Å². The first kappa shape index (κ1) is 19.7. The molecule has 1 heterocycles. The highest BCUT2D eigenvalue weighted by molar-refractivity contribution is 7.92. The molecule has 0 spiro atoms. The smallest absolute Gasteiger partial charge is 0.264 e. The summed E-state index contributed by atoms with van der Waals surface area (Å²) < 4.78 is 38.6. The van der Waals surface area contributed by atoms with Crippen LogP contribution in [0.5, 0.6) is 5.75 Å². The molecule has 0 bridgehead atoms. The van der Waals surface area contributed by atoms with Crippen LogP contribution in [0.3, 0.4) is 0 Å². The number of nitrogens with zero attached hydrogens (tertiary/aromatic N) is 1. The Balaban J connectivity index is 2.14. The van der Waals surface area contributed by atoms with Crippen LogP contribution in [0.1, 0.15) is 30.5 Å². The maximum Gasteiger partial charge on any atom is 0.264 e. The predicted octanol–water partition coefficient (Wildman–Crippen LogP) is 2.94. The molecule has 1 aliphatic heterocycles. The zero-order valence-corrected chi connectivity index (χ0v) is 16.8. The first-order valence-electron chi connectivity index (χ1n) is 9.07. The van der Waals surface area contributed by atoms with E-state index >= 15 is 0 Å². The maximum absolute atomic E-state index is 13.3. The molecule has 2 aromatic rings. The third-order valence-corrected chi connectivity index (χ3v) is 6.53. The third-order valence-electron chi connectivity index (χ3n) is 4.71. The highest BCUT2D eigenvalue weighted by atomic mass is 32.2. The minimum absolute atomic E-state index is 0.233. The van der Waals surface area contributed by atoms with Gasteiger partial charge >= 0.3 is 0 Å². The number of hydrogen-bond acceptors (Lipinski definition) is 5. The number of fused-ring (bicyclic) bond motifs is 2. The standard InChI is InChI=1S/C20H26N2O4S/c1-4-26-15-10-11-17-19(14-15)27(23,24)22(2)18-9-6-5-8-16(18)20(17)21-12-7-13-25-3/h5-6,8-11,14,20-21H,4,7,12-13H2,1-3H3. The van der Waals surface area contributed by atoms with Gasteiger partial charge in [-0.3, -0.25) is 4.31 Å². The first-order valence-corrected chi connectivity index (χ1v) is 10.5. The van der Waals surface area contributed by atoms with E-state index in [1.165, 1.54) is 4.31 Å². The summed E-state index contributed by atoms with van der Waals surface area (Å²) in [5.41, 5.74) is 2.34. The zero-order valence-electron chi connectivity index (χ0n) is 15.9. The first-order chi connectivity index (χ1) is 13.0. The Morgan fingerprint density at radius 2 is 1.93 bits per heavy atom. The number of anilines is 1. The second-order valence-corrected chi connectivity index (χ2v) is 8.34. The lowest BCUT2D eigenvalue weighted by atomic mass is 9.96. The maximum atomic E-state index is 13.3. The molecule has 1 N–H and O–H groups in total. The van der Waals surface area contributed by atoms with Gasteiger partial charge in [0.05, 0.1) is 23.2 Å². The van der Waals surface area contributed by atoms with Crippen LogP contribution in [0.4, 0.5) is 5.69 Å². The summed E-state index contributed by atoms with van der Waals surface area (Å²) in [6.07, 6.45) is 0.837. The van der Waals surface area contributed by atoms with E-state index in [9.17, 15) is 8.42 Å². The van der Waals surface area contributed by atoms with Gasteiger partial charge in [0, 0.05) is 26.8 Å². The van der Waals surface area contributed by atoms with Crippen molar-refractivity contribution in [2.24, 2.45) is 0 Å². The second kappa shape index (κ2) is 8.29. The molecule has 1 unspecified atom stereocenters. The molecule has 146 valence electrons.